The molecule has 0 saturated heterocycles. The molecule has 0 aromatic heterocycles. The van der Waals surface area contributed by atoms with Gasteiger partial charge >= 0.3 is 0 Å². The Labute approximate surface area is 119 Å². The minimum absolute atomic E-state index is 0.261. The highest BCUT2D eigenvalue weighted by Gasteiger charge is 2.19. The van der Waals surface area contributed by atoms with E-state index < -0.39 is 0 Å². The molecule has 0 amide bonds. The Balaban J connectivity index is 2.57. The van der Waals surface area contributed by atoms with Gasteiger partial charge in [0.2, 0.25) is 0 Å². The van der Waals surface area contributed by atoms with E-state index in [9.17, 15) is 0 Å². The van der Waals surface area contributed by atoms with Gasteiger partial charge in [-0.15, -0.1) is 0 Å². The fraction of sp³-hybridized carbons (Fsp3) is 0.667. The van der Waals surface area contributed by atoms with Crippen LogP contribution in [0, 0.1) is 5.92 Å². The van der Waals surface area contributed by atoms with Crippen LogP contribution in [-0.2, 0) is 11.8 Å². The van der Waals surface area contributed by atoms with Crippen LogP contribution in [0.2, 0.25) is 0 Å². The van der Waals surface area contributed by atoms with Crippen molar-refractivity contribution in [3.63, 3.8) is 0 Å². The van der Waals surface area contributed by atoms with Crippen LogP contribution < -0.4 is 5.32 Å². The molecule has 0 bridgehead atoms. The fourth-order valence-electron chi connectivity index (χ4n) is 2.41. The van der Waals surface area contributed by atoms with Gasteiger partial charge in [-0.25, -0.2) is 0 Å². The van der Waals surface area contributed by atoms with E-state index >= 15 is 0 Å². The molecule has 0 fully saturated rings. The lowest BCUT2D eigenvalue weighted by Gasteiger charge is -2.26. The Bertz CT molecular complexity index is 348. The highest BCUT2D eigenvalue weighted by Crippen LogP contribution is 2.27. The first kappa shape index (κ1) is 16.2. The minimum Gasteiger partial charge on any atom is -0.317 e. The molecule has 108 valence electrons. The Morgan fingerprint density at radius 2 is 1.68 bits per heavy atom. The molecule has 1 N–H and O–H groups in total. The second-order valence-corrected chi connectivity index (χ2v) is 6.68. The molecule has 1 aromatic carbocycles. The molecule has 0 atom stereocenters. The van der Waals surface area contributed by atoms with E-state index in [1.54, 1.807) is 0 Å². The van der Waals surface area contributed by atoms with Crippen LogP contribution in [0.4, 0.5) is 0 Å². The summed E-state index contributed by atoms with van der Waals surface area (Å²) in [6, 6.07) is 9.24. The Hall–Kier alpha value is -0.820. The van der Waals surface area contributed by atoms with E-state index in [0.717, 1.165) is 19.0 Å². The summed E-state index contributed by atoms with van der Waals surface area (Å²) in [6.07, 6.45) is 3.58. The van der Waals surface area contributed by atoms with Gasteiger partial charge in [-0.3, -0.25) is 0 Å². The van der Waals surface area contributed by atoms with Crippen molar-refractivity contribution in [2.75, 3.05) is 13.1 Å². The highest BCUT2D eigenvalue weighted by molar-refractivity contribution is 5.28. The molecule has 0 radical (unpaired) electrons. The maximum atomic E-state index is 3.50. The quantitative estimate of drug-likeness (QED) is 0.677. The van der Waals surface area contributed by atoms with Crippen LogP contribution in [-0.4, -0.2) is 13.1 Å². The van der Waals surface area contributed by atoms with Crippen molar-refractivity contribution in [1.29, 1.82) is 0 Å². The maximum Gasteiger partial charge on any atom is -0.00406 e. The number of hydrogen-bond acceptors (Lipinski definition) is 1. The summed E-state index contributed by atoms with van der Waals surface area (Å²) in [5.74, 6) is 0.733. The van der Waals surface area contributed by atoms with E-state index in [2.05, 4.69) is 64.2 Å². The predicted molar refractivity (Wildman–Crippen MR) is 85.8 cm³/mol. The first-order valence-electron chi connectivity index (χ1n) is 7.76. The van der Waals surface area contributed by atoms with E-state index in [4.69, 9.17) is 0 Å². The van der Waals surface area contributed by atoms with Gasteiger partial charge in [-0.2, -0.15) is 0 Å². The average molecular weight is 261 g/mol. The lowest BCUT2D eigenvalue weighted by molar-refractivity contribution is 0.457. The zero-order valence-corrected chi connectivity index (χ0v) is 13.4. The molecule has 1 heteroatoms. The standard InChI is InChI=1S/C18H31N/c1-6-12-19-13-11-18(4,5)17-9-7-16(8-10-17)14-15(2)3/h7-10,15,19H,6,11-14H2,1-5H3. The lowest BCUT2D eigenvalue weighted by atomic mass is 9.81. The molecule has 1 aromatic rings. The molecule has 0 saturated carbocycles. The lowest BCUT2D eigenvalue weighted by Crippen LogP contribution is -2.25. The number of benzene rings is 1. The van der Waals surface area contributed by atoms with Crippen LogP contribution in [0.3, 0.4) is 0 Å². The molecule has 1 rings (SSSR count). The predicted octanol–water partition coefficient (Wildman–Crippen LogP) is 4.55. The monoisotopic (exact) mass is 261 g/mol. The van der Waals surface area contributed by atoms with Gasteiger partial charge in [0.1, 0.15) is 0 Å². The smallest absolute Gasteiger partial charge is 0.00406 e. The van der Waals surface area contributed by atoms with E-state index in [1.165, 1.54) is 30.4 Å². The summed E-state index contributed by atoms with van der Waals surface area (Å²) < 4.78 is 0. The zero-order chi connectivity index (χ0) is 14.3. The number of nitrogens with one attached hydrogen (secondary N) is 1. The van der Waals surface area contributed by atoms with Gasteiger partial charge in [0.05, 0.1) is 0 Å². The minimum atomic E-state index is 0.261. The topological polar surface area (TPSA) is 12.0 Å². The summed E-state index contributed by atoms with van der Waals surface area (Å²) >= 11 is 0. The van der Waals surface area contributed by atoms with Crippen molar-refractivity contribution >= 4 is 0 Å². The maximum absolute atomic E-state index is 3.50. The summed E-state index contributed by atoms with van der Waals surface area (Å²) in [7, 11) is 0. The molecule has 0 aliphatic rings. The molecule has 1 nitrogen and oxygen atoms in total. The molecule has 0 heterocycles. The summed E-state index contributed by atoms with van der Waals surface area (Å²) in [5.41, 5.74) is 3.17. The van der Waals surface area contributed by atoms with Crippen LogP contribution in [0.5, 0.6) is 0 Å². The third-order valence-electron chi connectivity index (χ3n) is 3.73. The average Bonchev–Trinajstić information content (AvgIpc) is 2.35. The van der Waals surface area contributed by atoms with Crippen LogP contribution in [0.25, 0.3) is 0 Å². The van der Waals surface area contributed by atoms with Crippen molar-refractivity contribution in [2.45, 2.75) is 59.3 Å². The molecule has 0 unspecified atom stereocenters. The van der Waals surface area contributed by atoms with E-state index in [1.807, 2.05) is 0 Å². The molecule has 0 aliphatic carbocycles. The highest BCUT2D eigenvalue weighted by atomic mass is 14.8. The van der Waals surface area contributed by atoms with Gasteiger partial charge in [0.15, 0.2) is 0 Å². The molecule has 0 aliphatic heterocycles. The summed E-state index contributed by atoms with van der Waals surface area (Å²) in [5, 5.41) is 3.50. The number of hydrogen-bond donors (Lipinski definition) is 1. The molecule has 19 heavy (non-hydrogen) atoms. The van der Waals surface area contributed by atoms with Crippen LogP contribution in [0.15, 0.2) is 24.3 Å². The van der Waals surface area contributed by atoms with Crippen molar-refractivity contribution in [3.05, 3.63) is 35.4 Å². The number of rotatable bonds is 8. The second kappa shape index (κ2) is 7.69. The van der Waals surface area contributed by atoms with Gasteiger partial charge < -0.3 is 5.32 Å². The molecular weight excluding hydrogens is 230 g/mol. The van der Waals surface area contributed by atoms with Gasteiger partial charge in [-0.1, -0.05) is 58.9 Å². The van der Waals surface area contributed by atoms with Gasteiger partial charge in [0.25, 0.3) is 0 Å². The van der Waals surface area contributed by atoms with E-state index in [-0.39, 0.29) is 5.41 Å². The second-order valence-electron chi connectivity index (χ2n) is 6.68. The third kappa shape index (κ3) is 5.78. The molecular formula is C18H31N. The summed E-state index contributed by atoms with van der Waals surface area (Å²) in [6.45, 7) is 13.7. The Morgan fingerprint density at radius 1 is 1.05 bits per heavy atom. The third-order valence-corrected chi connectivity index (χ3v) is 3.73. The van der Waals surface area contributed by atoms with Crippen molar-refractivity contribution in [3.8, 4) is 0 Å². The normalized spacial score (nSPS) is 12.1. The fourth-order valence-corrected chi connectivity index (χ4v) is 2.41. The van der Waals surface area contributed by atoms with Gasteiger partial charge in [0, 0.05) is 0 Å². The van der Waals surface area contributed by atoms with Gasteiger partial charge in [-0.05, 0) is 54.8 Å². The first-order chi connectivity index (χ1) is 8.95. The summed E-state index contributed by atoms with van der Waals surface area (Å²) in [4.78, 5) is 0. The van der Waals surface area contributed by atoms with Crippen molar-refractivity contribution in [1.82, 2.24) is 5.32 Å². The van der Waals surface area contributed by atoms with Crippen LogP contribution >= 0.6 is 0 Å². The van der Waals surface area contributed by atoms with E-state index in [0.29, 0.717) is 0 Å². The largest absolute Gasteiger partial charge is 0.317 e. The van der Waals surface area contributed by atoms with Crippen molar-refractivity contribution in [2.24, 2.45) is 5.92 Å². The van der Waals surface area contributed by atoms with Crippen molar-refractivity contribution < 1.29 is 0 Å². The zero-order valence-electron chi connectivity index (χ0n) is 13.4. The van der Waals surface area contributed by atoms with Crippen LogP contribution in [0.1, 0.15) is 58.6 Å². The first-order valence-corrected chi connectivity index (χ1v) is 7.76. The molecule has 0 spiro atoms. The SMILES string of the molecule is CCCNCCC(C)(C)c1ccc(CC(C)C)cc1. The Morgan fingerprint density at radius 3 is 2.21 bits per heavy atom. The Kier molecular flexibility index (Phi) is 6.57.